The molecule has 0 bridgehead atoms. The lowest BCUT2D eigenvalue weighted by Crippen LogP contribution is -2.11. The highest BCUT2D eigenvalue weighted by Crippen LogP contribution is 2.53. The second kappa shape index (κ2) is 13.4. The Labute approximate surface area is 315 Å². The van der Waals surface area contributed by atoms with Crippen molar-refractivity contribution in [3.8, 4) is 67.1 Å². The third-order valence-corrected chi connectivity index (χ3v) is 10.5. The maximum atomic E-state index is 7.11. The SMILES string of the molecule is c1ccc(-c2ccc(N(c3ccc4c(c3)Oc3cc5ccccc5cc3-c3c(-c5ccccc5)cccc3-4)c3ccccc3-c3ccccc3)cc2)cc1. The van der Waals surface area contributed by atoms with Crippen LogP contribution in [-0.4, -0.2) is 0 Å². The zero-order valence-corrected chi connectivity index (χ0v) is 29.6. The molecule has 0 unspecified atom stereocenters. The van der Waals surface area contributed by atoms with E-state index in [1.807, 2.05) is 0 Å². The summed E-state index contributed by atoms with van der Waals surface area (Å²) in [5, 5.41) is 2.33. The molecule has 0 aromatic heterocycles. The number of ether oxygens (including phenoxy) is 1. The summed E-state index contributed by atoms with van der Waals surface area (Å²) in [6.07, 6.45) is 0. The summed E-state index contributed by atoms with van der Waals surface area (Å²) in [4.78, 5) is 2.36. The van der Waals surface area contributed by atoms with E-state index in [2.05, 4.69) is 217 Å². The molecule has 0 amide bonds. The molecular weight excluding hydrogens is 655 g/mol. The van der Waals surface area contributed by atoms with Crippen LogP contribution in [0.1, 0.15) is 0 Å². The summed E-state index contributed by atoms with van der Waals surface area (Å²) in [6.45, 7) is 0. The maximum absolute atomic E-state index is 7.11. The predicted octanol–water partition coefficient (Wildman–Crippen LogP) is 14.8. The Morgan fingerprint density at radius 3 is 1.54 bits per heavy atom. The van der Waals surface area contributed by atoms with Gasteiger partial charge in [0.05, 0.1) is 5.69 Å². The molecule has 54 heavy (non-hydrogen) atoms. The molecule has 0 aliphatic carbocycles. The minimum Gasteiger partial charge on any atom is -0.456 e. The smallest absolute Gasteiger partial charge is 0.137 e. The van der Waals surface area contributed by atoms with Gasteiger partial charge in [0.1, 0.15) is 11.5 Å². The Hall–Kier alpha value is -7.16. The van der Waals surface area contributed by atoms with E-state index in [1.165, 1.54) is 33.2 Å². The molecule has 2 heteroatoms. The molecule has 9 aromatic carbocycles. The molecule has 0 saturated carbocycles. The van der Waals surface area contributed by atoms with Crippen LogP contribution in [0.25, 0.3) is 66.4 Å². The summed E-state index contributed by atoms with van der Waals surface area (Å²) in [6, 6.07) is 75.7. The molecule has 0 atom stereocenters. The molecule has 0 N–H and O–H groups in total. The van der Waals surface area contributed by atoms with Crippen molar-refractivity contribution in [1.82, 2.24) is 0 Å². The van der Waals surface area contributed by atoms with E-state index >= 15 is 0 Å². The van der Waals surface area contributed by atoms with Gasteiger partial charge in [-0.15, -0.1) is 0 Å². The minimum absolute atomic E-state index is 0.816. The number of hydrogen-bond donors (Lipinski definition) is 0. The van der Waals surface area contributed by atoms with Gasteiger partial charge >= 0.3 is 0 Å². The van der Waals surface area contributed by atoms with E-state index in [4.69, 9.17) is 4.74 Å². The van der Waals surface area contributed by atoms with E-state index in [9.17, 15) is 0 Å². The summed E-state index contributed by atoms with van der Waals surface area (Å²) in [5.41, 5.74) is 14.7. The number of hydrogen-bond acceptors (Lipinski definition) is 2. The highest BCUT2D eigenvalue weighted by Gasteiger charge is 2.26. The molecule has 0 radical (unpaired) electrons. The summed E-state index contributed by atoms with van der Waals surface area (Å²) in [5.74, 6) is 1.66. The molecule has 0 saturated heterocycles. The van der Waals surface area contributed by atoms with Crippen LogP contribution < -0.4 is 9.64 Å². The van der Waals surface area contributed by atoms with Crippen LogP contribution in [0, 0.1) is 0 Å². The molecule has 9 aromatic rings. The number of fused-ring (bicyclic) bond motifs is 6. The van der Waals surface area contributed by atoms with Gasteiger partial charge in [-0.1, -0.05) is 164 Å². The number of para-hydroxylation sites is 1. The summed E-state index contributed by atoms with van der Waals surface area (Å²) >= 11 is 0. The first-order valence-corrected chi connectivity index (χ1v) is 18.4. The van der Waals surface area contributed by atoms with Gasteiger partial charge in [-0.25, -0.2) is 0 Å². The van der Waals surface area contributed by atoms with Crippen molar-refractivity contribution in [2.45, 2.75) is 0 Å². The standard InChI is InChI=1S/C52H35NO/c1-4-15-36(16-5-1)37-27-29-42(30-28-37)53(49-26-13-12-23-44(49)38-17-6-2-7-18-38)43-31-32-46-47-25-14-24-45(39-19-8-3-9-20-39)52(47)48-33-40-21-10-11-22-41(40)34-50(48)54-51(46)35-43/h1-35H. The molecule has 1 heterocycles. The van der Waals surface area contributed by atoms with Crippen molar-refractivity contribution in [3.05, 3.63) is 212 Å². The number of nitrogens with zero attached hydrogens (tertiary/aromatic N) is 1. The third-order valence-electron chi connectivity index (χ3n) is 10.5. The van der Waals surface area contributed by atoms with E-state index in [-0.39, 0.29) is 0 Å². The number of anilines is 3. The highest BCUT2D eigenvalue weighted by molar-refractivity contribution is 6.03. The molecule has 1 aliphatic rings. The molecule has 10 rings (SSSR count). The normalized spacial score (nSPS) is 11.5. The molecule has 0 spiro atoms. The Morgan fingerprint density at radius 1 is 0.296 bits per heavy atom. The Kier molecular flexibility index (Phi) is 7.85. The fourth-order valence-corrected chi connectivity index (χ4v) is 7.89. The lowest BCUT2D eigenvalue weighted by Gasteiger charge is -2.29. The third kappa shape index (κ3) is 5.62. The lowest BCUT2D eigenvalue weighted by atomic mass is 9.87. The van der Waals surface area contributed by atoms with E-state index in [0.717, 1.165) is 61.8 Å². The van der Waals surface area contributed by atoms with Gasteiger partial charge in [0, 0.05) is 39.7 Å². The number of rotatable bonds is 6. The lowest BCUT2D eigenvalue weighted by molar-refractivity contribution is 0.488. The molecule has 0 fully saturated rings. The summed E-state index contributed by atoms with van der Waals surface area (Å²) in [7, 11) is 0. The molecule has 1 aliphatic heterocycles. The van der Waals surface area contributed by atoms with E-state index in [0.29, 0.717) is 0 Å². The molecule has 2 nitrogen and oxygen atoms in total. The van der Waals surface area contributed by atoms with Gasteiger partial charge in [-0.2, -0.15) is 0 Å². The van der Waals surface area contributed by atoms with Crippen molar-refractivity contribution in [3.63, 3.8) is 0 Å². The van der Waals surface area contributed by atoms with E-state index < -0.39 is 0 Å². The van der Waals surface area contributed by atoms with Gasteiger partial charge in [0.2, 0.25) is 0 Å². The fourth-order valence-electron chi connectivity index (χ4n) is 7.89. The van der Waals surface area contributed by atoms with Gasteiger partial charge in [0.25, 0.3) is 0 Å². The topological polar surface area (TPSA) is 12.5 Å². The first-order valence-electron chi connectivity index (χ1n) is 18.4. The van der Waals surface area contributed by atoms with Crippen molar-refractivity contribution < 1.29 is 4.74 Å². The monoisotopic (exact) mass is 689 g/mol. The van der Waals surface area contributed by atoms with Crippen molar-refractivity contribution in [1.29, 1.82) is 0 Å². The quantitative estimate of drug-likeness (QED) is 0.172. The van der Waals surface area contributed by atoms with Crippen LogP contribution >= 0.6 is 0 Å². The van der Waals surface area contributed by atoms with Crippen molar-refractivity contribution in [2.24, 2.45) is 0 Å². The van der Waals surface area contributed by atoms with Crippen molar-refractivity contribution in [2.75, 3.05) is 4.90 Å². The second-order valence-corrected chi connectivity index (χ2v) is 13.7. The average molecular weight is 690 g/mol. The zero-order chi connectivity index (χ0) is 35.8. The van der Waals surface area contributed by atoms with Gasteiger partial charge < -0.3 is 9.64 Å². The highest BCUT2D eigenvalue weighted by atomic mass is 16.5. The van der Waals surface area contributed by atoms with Crippen LogP contribution in [0.2, 0.25) is 0 Å². The van der Waals surface area contributed by atoms with Crippen LogP contribution in [0.4, 0.5) is 17.1 Å². The predicted molar refractivity (Wildman–Crippen MR) is 226 cm³/mol. The second-order valence-electron chi connectivity index (χ2n) is 13.7. The van der Waals surface area contributed by atoms with Crippen LogP contribution in [0.3, 0.4) is 0 Å². The minimum atomic E-state index is 0.816. The maximum Gasteiger partial charge on any atom is 0.137 e. The molecular formula is C52H35NO. The van der Waals surface area contributed by atoms with Gasteiger partial charge in [-0.05, 0) is 86.6 Å². The zero-order valence-electron chi connectivity index (χ0n) is 29.6. The Morgan fingerprint density at radius 2 is 0.815 bits per heavy atom. The van der Waals surface area contributed by atoms with Crippen molar-refractivity contribution >= 4 is 27.8 Å². The number of benzene rings is 9. The largest absolute Gasteiger partial charge is 0.456 e. The molecule has 254 valence electrons. The first-order chi connectivity index (χ1) is 26.8. The van der Waals surface area contributed by atoms with Gasteiger partial charge in [0.15, 0.2) is 0 Å². The summed E-state index contributed by atoms with van der Waals surface area (Å²) < 4.78 is 7.11. The van der Waals surface area contributed by atoms with Gasteiger partial charge in [-0.3, -0.25) is 0 Å². The Bertz CT molecular complexity index is 2770. The van der Waals surface area contributed by atoms with Crippen LogP contribution in [0.15, 0.2) is 212 Å². The Balaban J connectivity index is 1.19. The van der Waals surface area contributed by atoms with Crippen LogP contribution in [0.5, 0.6) is 11.5 Å². The van der Waals surface area contributed by atoms with Crippen LogP contribution in [-0.2, 0) is 0 Å². The van der Waals surface area contributed by atoms with E-state index in [1.54, 1.807) is 0 Å². The first kappa shape index (κ1) is 31.6. The average Bonchev–Trinajstić information content (AvgIpc) is 3.38. The fraction of sp³-hybridized carbons (Fsp3) is 0.